The number of aromatic hydroxyl groups is 1. The monoisotopic (exact) mass is 290 g/mol. The third kappa shape index (κ3) is 1.82. The van der Waals surface area contributed by atoms with Crippen LogP contribution in [-0.2, 0) is 0 Å². The van der Waals surface area contributed by atoms with E-state index in [4.69, 9.17) is 7.16 Å². The number of phenolic OH excluding ortho intramolecular Hbond substituents is 1. The van der Waals surface area contributed by atoms with Crippen LogP contribution >= 0.6 is 11.3 Å². The molecule has 0 aliphatic heterocycles. The Labute approximate surface area is 121 Å². The summed E-state index contributed by atoms with van der Waals surface area (Å²) >= 11 is 0.737. The van der Waals surface area contributed by atoms with Gasteiger partial charge in [0, 0.05) is 19.9 Å². The van der Waals surface area contributed by atoms with E-state index < -0.39 is 17.1 Å². The lowest BCUT2D eigenvalue weighted by Crippen LogP contribution is -1.99. The van der Waals surface area contributed by atoms with Gasteiger partial charge in [-0.25, -0.2) is 4.79 Å². The number of carbonyl (C=O) groups is 1. The van der Waals surface area contributed by atoms with Crippen molar-refractivity contribution in [2.75, 3.05) is 0 Å². The fraction of sp³-hybridized carbons (Fsp3) is 0.200. The van der Waals surface area contributed by atoms with E-state index in [1.54, 1.807) is 24.3 Å². The molecular weight excluding hydrogens is 276 g/mol. The van der Waals surface area contributed by atoms with Gasteiger partial charge in [-0.05, 0) is 6.37 Å². The van der Waals surface area contributed by atoms with Crippen molar-refractivity contribution in [3.63, 3.8) is 0 Å². The van der Waals surface area contributed by atoms with E-state index in [0.29, 0.717) is 10.8 Å². The van der Waals surface area contributed by atoms with Crippen molar-refractivity contribution in [2.24, 2.45) is 0 Å². The van der Waals surface area contributed by atoms with Gasteiger partial charge in [0.15, 0.2) is 11.4 Å². The molecule has 1 heterocycles. The molecule has 0 fully saturated rings. The largest absolute Gasteiger partial charge is 0.506 e. The minimum Gasteiger partial charge on any atom is -0.506 e. The first kappa shape index (κ1) is 10.6. The van der Waals surface area contributed by atoms with E-state index in [1.165, 1.54) is 6.92 Å². The zero-order chi connectivity index (χ0) is 16.1. The summed E-state index contributed by atoms with van der Waals surface area (Å²) in [5.74, 6) is -0.799. The minimum absolute atomic E-state index is 0.0460. The number of ketones is 1. The predicted octanol–water partition coefficient (Wildman–Crippen LogP) is 3.70. The van der Waals surface area contributed by atoms with Crippen LogP contribution in [0.15, 0.2) is 33.5 Å². The molecule has 0 spiro atoms. The van der Waals surface area contributed by atoms with Crippen molar-refractivity contribution < 1.29 is 17.1 Å². The number of hydrogen-bond acceptors (Lipinski definition) is 5. The van der Waals surface area contributed by atoms with Crippen LogP contribution in [0, 0.1) is 0 Å². The van der Waals surface area contributed by atoms with E-state index in [-0.39, 0.29) is 28.0 Å². The molecule has 0 unspecified atom stereocenters. The molecule has 2 aromatic carbocycles. The van der Waals surface area contributed by atoms with Gasteiger partial charge in [0.1, 0.15) is 5.75 Å². The summed E-state index contributed by atoms with van der Waals surface area (Å²) < 4.78 is 20.5. The van der Waals surface area contributed by atoms with Crippen LogP contribution in [0.2, 0.25) is 0 Å². The highest BCUT2D eigenvalue weighted by atomic mass is 32.1. The summed E-state index contributed by atoms with van der Waals surface area (Å²) in [7, 11) is 0. The number of rotatable bonds is 3. The second-order valence-corrected chi connectivity index (χ2v) is 5.28. The molecule has 20 heavy (non-hydrogen) atoms. The molecule has 0 aliphatic carbocycles. The second kappa shape index (κ2) is 4.76. The number of benzene rings is 2. The number of phenols is 1. The van der Waals surface area contributed by atoms with Crippen molar-refractivity contribution in [1.82, 2.24) is 0 Å². The molecule has 1 N–H and O–H groups in total. The van der Waals surface area contributed by atoms with Crippen LogP contribution in [0.4, 0.5) is 0 Å². The summed E-state index contributed by atoms with van der Waals surface area (Å²) in [4.78, 5) is 23.4. The maximum Gasteiger partial charge on any atom is 0.396 e. The molecule has 0 saturated carbocycles. The Hall–Kier alpha value is -2.14. The third-order valence-corrected chi connectivity index (χ3v) is 3.93. The first-order chi connectivity index (χ1) is 10.3. The van der Waals surface area contributed by atoms with E-state index in [9.17, 15) is 14.7 Å². The topological polar surface area (TPSA) is 67.5 Å². The fourth-order valence-electron chi connectivity index (χ4n) is 2.26. The molecule has 0 aliphatic rings. The number of hydrogen-bond donors (Lipinski definition) is 1. The molecule has 0 bridgehead atoms. The molecule has 3 rings (SSSR count). The SMILES string of the molecule is [2H]C([2H])(C)CC(=O)c1c(O)c2ccccc2c2oc(=O)sc12. The first-order valence-electron chi connectivity index (χ1n) is 6.98. The summed E-state index contributed by atoms with van der Waals surface area (Å²) in [6.07, 6.45) is -2.10. The smallest absolute Gasteiger partial charge is 0.396 e. The van der Waals surface area contributed by atoms with Crippen LogP contribution in [-0.4, -0.2) is 10.9 Å². The summed E-state index contributed by atoms with van der Waals surface area (Å²) in [5, 5.41) is 11.4. The lowest BCUT2D eigenvalue weighted by atomic mass is 10.00. The average molecular weight is 290 g/mol. The highest BCUT2D eigenvalue weighted by molar-refractivity contribution is 7.16. The number of fused-ring (bicyclic) bond motifs is 3. The van der Waals surface area contributed by atoms with Crippen LogP contribution in [0.1, 0.15) is 32.8 Å². The molecule has 0 saturated heterocycles. The van der Waals surface area contributed by atoms with Crippen LogP contribution < -0.4 is 4.94 Å². The summed E-state index contributed by atoms with van der Waals surface area (Å²) in [6.45, 7) is 1.29. The maximum atomic E-state index is 12.4. The predicted molar refractivity (Wildman–Crippen MR) is 78.8 cm³/mol. The Morgan fingerprint density at radius 1 is 1.40 bits per heavy atom. The van der Waals surface area contributed by atoms with Gasteiger partial charge in [-0.3, -0.25) is 4.79 Å². The van der Waals surface area contributed by atoms with Gasteiger partial charge in [-0.1, -0.05) is 42.5 Å². The molecule has 4 nitrogen and oxygen atoms in total. The van der Waals surface area contributed by atoms with Gasteiger partial charge in [0.05, 0.1) is 10.3 Å². The van der Waals surface area contributed by atoms with Gasteiger partial charge in [-0.15, -0.1) is 0 Å². The Morgan fingerprint density at radius 2 is 2.10 bits per heavy atom. The van der Waals surface area contributed by atoms with Crippen molar-refractivity contribution in [1.29, 1.82) is 0 Å². The average Bonchev–Trinajstić information content (AvgIpc) is 2.78. The normalized spacial score (nSPS) is 13.4. The highest BCUT2D eigenvalue weighted by Crippen LogP contribution is 2.39. The minimum atomic E-state index is -1.71. The molecule has 102 valence electrons. The van der Waals surface area contributed by atoms with Crippen molar-refractivity contribution in [2.45, 2.75) is 19.7 Å². The maximum absolute atomic E-state index is 12.4. The Kier molecular flexibility index (Phi) is 2.53. The first-order valence-corrected chi connectivity index (χ1v) is 6.80. The van der Waals surface area contributed by atoms with Gasteiger partial charge in [0.25, 0.3) is 0 Å². The molecular formula is C15H12O4S. The Balaban J connectivity index is 2.39. The Bertz CT molecular complexity index is 950. The second-order valence-electron chi connectivity index (χ2n) is 4.34. The fourth-order valence-corrected chi connectivity index (χ4v) is 3.11. The molecule has 0 amide bonds. The van der Waals surface area contributed by atoms with Gasteiger partial charge in [0.2, 0.25) is 0 Å². The van der Waals surface area contributed by atoms with E-state index in [2.05, 4.69) is 0 Å². The Morgan fingerprint density at radius 3 is 2.80 bits per heavy atom. The zero-order valence-electron chi connectivity index (χ0n) is 12.6. The molecule has 3 aromatic rings. The number of carbonyl (C=O) groups excluding carboxylic acids is 1. The molecule has 0 atom stereocenters. The van der Waals surface area contributed by atoms with Crippen molar-refractivity contribution >= 4 is 38.2 Å². The molecule has 1 aromatic heterocycles. The lowest BCUT2D eigenvalue weighted by molar-refractivity contribution is 0.0981. The van der Waals surface area contributed by atoms with Gasteiger partial charge < -0.3 is 9.52 Å². The molecule has 0 radical (unpaired) electrons. The number of Topliss-reactive ketones (excluding diaryl/α,β-unsaturated/α-hetero) is 1. The van der Waals surface area contributed by atoms with Crippen LogP contribution in [0.25, 0.3) is 21.1 Å². The van der Waals surface area contributed by atoms with E-state index in [1.807, 2.05) is 0 Å². The van der Waals surface area contributed by atoms with E-state index in [0.717, 1.165) is 11.3 Å². The van der Waals surface area contributed by atoms with Gasteiger partial charge in [-0.2, -0.15) is 0 Å². The highest BCUT2D eigenvalue weighted by Gasteiger charge is 2.22. The summed E-state index contributed by atoms with van der Waals surface area (Å²) in [5.41, 5.74) is 0.207. The summed E-state index contributed by atoms with van der Waals surface area (Å²) in [6, 6.07) is 6.76. The zero-order valence-corrected chi connectivity index (χ0v) is 11.4. The van der Waals surface area contributed by atoms with Gasteiger partial charge >= 0.3 is 4.94 Å². The van der Waals surface area contributed by atoms with Crippen molar-refractivity contribution in [3.05, 3.63) is 39.6 Å². The quantitative estimate of drug-likeness (QED) is 0.747. The standard InChI is InChI=1S/C15H12O4S/c1-2-5-10(16)11-12(17)8-6-3-4-7-9(8)13-14(11)20-15(18)19-13/h3-4,6-7,17H,2,5H2,1H3/i2D2. The lowest BCUT2D eigenvalue weighted by Gasteiger charge is -2.08. The van der Waals surface area contributed by atoms with Crippen molar-refractivity contribution in [3.8, 4) is 5.75 Å². The van der Waals surface area contributed by atoms with Crippen LogP contribution in [0.3, 0.4) is 0 Å². The van der Waals surface area contributed by atoms with Crippen LogP contribution in [0.5, 0.6) is 5.75 Å². The third-order valence-electron chi connectivity index (χ3n) is 3.08. The van der Waals surface area contributed by atoms with E-state index >= 15 is 0 Å². The molecule has 5 heteroatoms.